The van der Waals surface area contributed by atoms with Gasteiger partial charge in [0, 0.05) is 34.6 Å². The van der Waals surface area contributed by atoms with Gasteiger partial charge < -0.3 is 14.2 Å². The molecule has 0 bridgehead atoms. The van der Waals surface area contributed by atoms with Gasteiger partial charge >= 0.3 is 0 Å². The summed E-state index contributed by atoms with van der Waals surface area (Å²) in [5.41, 5.74) is 11.6. The molecule has 0 atom stereocenters. The molecular weight excluding hydrogens is 564 g/mol. The predicted molar refractivity (Wildman–Crippen MR) is 183 cm³/mol. The van der Waals surface area contributed by atoms with Crippen molar-refractivity contribution in [3.63, 3.8) is 0 Å². The second-order valence-corrected chi connectivity index (χ2v) is 11.8. The topological polar surface area (TPSA) is 43.2 Å². The first-order valence-electron chi connectivity index (χ1n) is 15.5. The molecule has 1 spiro atoms. The van der Waals surface area contributed by atoms with Crippen LogP contribution < -0.4 is 9.64 Å². The number of hydrogen-bond acceptors (Lipinski definition) is 4. The number of aromatic nitrogens is 3. The molecule has 2 aliphatic rings. The summed E-state index contributed by atoms with van der Waals surface area (Å²) in [5.74, 6) is 1.77. The number of hydrogen-bond donors (Lipinski definition) is 0. The Bertz CT molecular complexity index is 2390. The maximum Gasteiger partial charge on any atom is 0.132 e. The summed E-state index contributed by atoms with van der Waals surface area (Å²) in [6.45, 7) is 0. The van der Waals surface area contributed by atoms with Crippen LogP contribution in [-0.2, 0) is 5.41 Å². The van der Waals surface area contributed by atoms with Crippen LogP contribution in [0.2, 0.25) is 0 Å². The molecule has 0 N–H and O–H groups in total. The fourth-order valence-electron chi connectivity index (χ4n) is 7.83. The predicted octanol–water partition coefficient (Wildman–Crippen LogP) is 9.85. The van der Waals surface area contributed by atoms with Gasteiger partial charge in [0.1, 0.15) is 11.5 Å². The summed E-state index contributed by atoms with van der Waals surface area (Å²) >= 11 is 0. The van der Waals surface area contributed by atoms with Crippen LogP contribution in [0.3, 0.4) is 0 Å². The normalized spacial score (nSPS) is 14.0. The largest absolute Gasteiger partial charge is 0.457 e. The molecule has 0 saturated heterocycles. The van der Waals surface area contributed by atoms with Gasteiger partial charge in [-0.1, -0.05) is 72.8 Å². The van der Waals surface area contributed by atoms with Gasteiger partial charge in [-0.3, -0.25) is 9.97 Å². The Balaban J connectivity index is 1.28. The highest BCUT2D eigenvalue weighted by Gasteiger charge is 2.50. The van der Waals surface area contributed by atoms with E-state index in [1.165, 1.54) is 11.1 Å². The third-order valence-electron chi connectivity index (χ3n) is 9.57. The highest BCUT2D eigenvalue weighted by molar-refractivity contribution is 6.09. The van der Waals surface area contributed by atoms with E-state index < -0.39 is 5.41 Å². The van der Waals surface area contributed by atoms with Gasteiger partial charge in [-0.15, -0.1) is 0 Å². The molecule has 5 heteroatoms. The van der Waals surface area contributed by atoms with Gasteiger partial charge in [-0.05, 0) is 77.9 Å². The lowest BCUT2D eigenvalue weighted by molar-refractivity contribution is 0.434. The zero-order chi connectivity index (χ0) is 30.2. The molecule has 216 valence electrons. The van der Waals surface area contributed by atoms with Gasteiger partial charge in [0.15, 0.2) is 0 Å². The second kappa shape index (κ2) is 9.40. The van der Waals surface area contributed by atoms with Crippen molar-refractivity contribution in [2.75, 3.05) is 4.90 Å². The quantitative estimate of drug-likeness (QED) is 0.201. The molecule has 0 fully saturated rings. The minimum Gasteiger partial charge on any atom is -0.457 e. The van der Waals surface area contributed by atoms with Gasteiger partial charge in [-0.2, -0.15) is 0 Å². The fourth-order valence-corrected chi connectivity index (χ4v) is 7.83. The van der Waals surface area contributed by atoms with Crippen molar-refractivity contribution in [2.45, 2.75) is 5.41 Å². The molecule has 2 aliphatic heterocycles. The Labute approximate surface area is 265 Å². The summed E-state index contributed by atoms with van der Waals surface area (Å²) in [6, 6.07) is 49.5. The third kappa shape index (κ3) is 3.23. The molecule has 0 unspecified atom stereocenters. The Hall–Kier alpha value is -6.20. The van der Waals surface area contributed by atoms with Gasteiger partial charge in [0.05, 0.1) is 45.2 Å². The third-order valence-corrected chi connectivity index (χ3v) is 9.57. The number of para-hydroxylation sites is 4. The average Bonchev–Trinajstić information content (AvgIpc) is 3.46. The molecule has 0 saturated carbocycles. The summed E-state index contributed by atoms with van der Waals surface area (Å²) < 4.78 is 8.79. The average molecular weight is 591 g/mol. The SMILES string of the molecule is c1cncc(-n2c3ccc(N4c5ccccc5C5(c6ccccc6Oc6ccccc65)c5ccccc54)cc3c3ncccc32)c1. The van der Waals surface area contributed by atoms with E-state index in [4.69, 9.17) is 9.72 Å². The molecule has 3 aromatic heterocycles. The Morgan fingerprint density at radius 2 is 1.15 bits per heavy atom. The summed E-state index contributed by atoms with van der Waals surface area (Å²) in [5, 5.41) is 1.09. The number of rotatable bonds is 2. The minimum atomic E-state index is -0.558. The van der Waals surface area contributed by atoms with E-state index in [2.05, 4.69) is 142 Å². The lowest BCUT2D eigenvalue weighted by Crippen LogP contribution is -2.39. The Kier molecular flexibility index (Phi) is 5.14. The summed E-state index contributed by atoms with van der Waals surface area (Å²) in [6.07, 6.45) is 5.58. The molecule has 0 amide bonds. The summed E-state index contributed by atoms with van der Waals surface area (Å²) in [7, 11) is 0. The van der Waals surface area contributed by atoms with Crippen LogP contribution >= 0.6 is 0 Å². The number of anilines is 3. The number of ether oxygens (including phenoxy) is 1. The van der Waals surface area contributed by atoms with Crippen LogP contribution in [0.5, 0.6) is 11.5 Å². The maximum absolute atomic E-state index is 6.55. The van der Waals surface area contributed by atoms with Crippen LogP contribution in [0.25, 0.3) is 27.6 Å². The van der Waals surface area contributed by atoms with Crippen LogP contribution in [0.4, 0.5) is 17.1 Å². The van der Waals surface area contributed by atoms with Crippen LogP contribution in [0.15, 0.2) is 158 Å². The number of nitrogens with zero attached hydrogens (tertiary/aromatic N) is 4. The van der Waals surface area contributed by atoms with Crippen LogP contribution in [0.1, 0.15) is 22.3 Å². The molecule has 5 aromatic carbocycles. The number of benzene rings is 5. The van der Waals surface area contributed by atoms with Crippen molar-refractivity contribution in [2.24, 2.45) is 0 Å². The molecule has 10 rings (SSSR count). The molecule has 8 aromatic rings. The maximum atomic E-state index is 6.55. The zero-order valence-corrected chi connectivity index (χ0v) is 24.7. The Morgan fingerprint density at radius 3 is 1.83 bits per heavy atom. The first kappa shape index (κ1) is 25.2. The van der Waals surface area contributed by atoms with Crippen LogP contribution in [-0.4, -0.2) is 14.5 Å². The number of fused-ring (bicyclic) bond motifs is 11. The molecule has 46 heavy (non-hydrogen) atoms. The first-order chi connectivity index (χ1) is 22.8. The fraction of sp³-hybridized carbons (Fsp3) is 0.0244. The van der Waals surface area contributed by atoms with Crippen LogP contribution in [0, 0.1) is 0 Å². The van der Waals surface area contributed by atoms with Crippen molar-refractivity contribution in [3.8, 4) is 17.2 Å². The van der Waals surface area contributed by atoms with Crippen molar-refractivity contribution in [1.82, 2.24) is 14.5 Å². The van der Waals surface area contributed by atoms with Crippen molar-refractivity contribution in [3.05, 3.63) is 180 Å². The Morgan fingerprint density at radius 1 is 0.522 bits per heavy atom. The van der Waals surface area contributed by atoms with E-state index in [0.29, 0.717) is 0 Å². The number of pyridine rings is 2. The monoisotopic (exact) mass is 590 g/mol. The standard InChI is InChI=1S/C41H26N4O/c1-5-16-35-30(12-1)41(32-14-3-7-19-38(32)46-39-20-8-4-15-33(39)41)31-13-2-6-17-36(31)44(35)27-21-22-34-29(25-27)40-37(18-10-24-43-40)45(34)28-11-9-23-42-26-28/h1-26H. The highest BCUT2D eigenvalue weighted by Crippen LogP contribution is 2.62. The van der Waals surface area contributed by atoms with Gasteiger partial charge in [0.2, 0.25) is 0 Å². The lowest BCUT2D eigenvalue weighted by Gasteiger charge is -2.48. The minimum absolute atomic E-state index is 0.558. The smallest absolute Gasteiger partial charge is 0.132 e. The molecule has 0 radical (unpaired) electrons. The van der Waals surface area contributed by atoms with E-state index in [9.17, 15) is 0 Å². The van der Waals surface area contributed by atoms with E-state index >= 15 is 0 Å². The van der Waals surface area contributed by atoms with Crippen molar-refractivity contribution >= 4 is 39.0 Å². The van der Waals surface area contributed by atoms with Gasteiger partial charge in [-0.25, -0.2) is 0 Å². The second-order valence-electron chi connectivity index (χ2n) is 11.8. The van der Waals surface area contributed by atoms with Crippen molar-refractivity contribution in [1.29, 1.82) is 0 Å². The molecule has 5 nitrogen and oxygen atoms in total. The lowest BCUT2D eigenvalue weighted by atomic mass is 9.61. The zero-order valence-electron chi connectivity index (χ0n) is 24.7. The molecule has 5 heterocycles. The first-order valence-corrected chi connectivity index (χ1v) is 15.5. The molecule has 0 aliphatic carbocycles. The molecular formula is C41H26N4O. The van der Waals surface area contributed by atoms with E-state index in [1.54, 1.807) is 6.20 Å². The van der Waals surface area contributed by atoms with E-state index in [-0.39, 0.29) is 0 Å². The van der Waals surface area contributed by atoms with E-state index in [0.717, 1.165) is 67.3 Å². The van der Waals surface area contributed by atoms with Gasteiger partial charge in [0.25, 0.3) is 0 Å². The van der Waals surface area contributed by atoms with E-state index in [1.807, 2.05) is 24.5 Å². The summed E-state index contributed by atoms with van der Waals surface area (Å²) in [4.78, 5) is 11.7. The highest BCUT2D eigenvalue weighted by atomic mass is 16.5. The van der Waals surface area contributed by atoms with Crippen molar-refractivity contribution < 1.29 is 4.74 Å².